The molecule has 3 aromatic carbocycles. The van der Waals surface area contributed by atoms with Crippen molar-refractivity contribution in [2.45, 2.75) is 57.7 Å². The van der Waals surface area contributed by atoms with Gasteiger partial charge in [0.2, 0.25) is 0 Å². The van der Waals surface area contributed by atoms with Crippen LogP contribution in [0.2, 0.25) is 5.15 Å². The fourth-order valence-corrected chi connectivity index (χ4v) is 6.63. The number of pyridine rings is 1. The normalized spacial score (nSPS) is 13.1. The summed E-state index contributed by atoms with van der Waals surface area (Å²) in [6.45, 7) is 6.21. The van der Waals surface area contributed by atoms with Crippen molar-refractivity contribution in [3.05, 3.63) is 119 Å². The highest BCUT2D eigenvalue weighted by atomic mass is 35.5. The van der Waals surface area contributed by atoms with Gasteiger partial charge in [-0.15, -0.1) is 0 Å². The van der Waals surface area contributed by atoms with Gasteiger partial charge >= 0.3 is 12.2 Å². The lowest BCUT2D eigenvalue weighted by Gasteiger charge is -2.26. The van der Waals surface area contributed by atoms with Crippen molar-refractivity contribution in [3.8, 4) is 11.1 Å². The van der Waals surface area contributed by atoms with E-state index in [1.807, 2.05) is 82.4 Å². The Bertz CT molecular complexity index is 1870. The van der Waals surface area contributed by atoms with Crippen LogP contribution in [0.25, 0.3) is 22.0 Å². The van der Waals surface area contributed by atoms with Gasteiger partial charge in [-0.05, 0) is 67.5 Å². The number of hydrogen-bond donors (Lipinski definition) is 1. The van der Waals surface area contributed by atoms with Crippen LogP contribution in [-0.4, -0.2) is 50.6 Å². The summed E-state index contributed by atoms with van der Waals surface area (Å²) in [7, 11) is 1.84. The molecule has 0 saturated carbocycles. The number of aryl methyl sites for hydroxylation is 1. The average molecular weight is 666 g/mol. The fourth-order valence-electron chi connectivity index (χ4n) is 6.41. The number of hydrogen-bond acceptors (Lipinski definition) is 6. The van der Waals surface area contributed by atoms with Gasteiger partial charge in [0.25, 0.3) is 0 Å². The van der Waals surface area contributed by atoms with Crippen LogP contribution in [0.4, 0.5) is 9.59 Å². The van der Waals surface area contributed by atoms with E-state index in [0.717, 1.165) is 38.7 Å². The maximum Gasteiger partial charge on any atom is 0.410 e. The Balaban J connectivity index is 1.22. The van der Waals surface area contributed by atoms with E-state index in [-0.39, 0.29) is 25.1 Å². The van der Waals surface area contributed by atoms with E-state index < -0.39 is 17.8 Å². The number of aromatic nitrogens is 3. The molecule has 0 aliphatic heterocycles. The summed E-state index contributed by atoms with van der Waals surface area (Å²) in [6.07, 6.45) is 1.91. The minimum atomic E-state index is -0.632. The molecule has 48 heavy (non-hydrogen) atoms. The summed E-state index contributed by atoms with van der Waals surface area (Å²) in [6, 6.07) is 27.7. The predicted octanol–water partition coefficient (Wildman–Crippen LogP) is 8.42. The molecule has 2 heterocycles. The number of amides is 2. The number of nitrogens with one attached hydrogen (secondary N) is 1. The smallest absolute Gasteiger partial charge is 0.410 e. The third kappa shape index (κ3) is 7.47. The summed E-state index contributed by atoms with van der Waals surface area (Å²) < 4.78 is 13.4. The Labute approximate surface area is 285 Å². The summed E-state index contributed by atoms with van der Waals surface area (Å²) >= 11 is 6.41. The molecule has 1 N–H and O–H groups in total. The molecule has 0 spiro atoms. The average Bonchev–Trinajstić information content (AvgIpc) is 3.59. The second-order valence-corrected chi connectivity index (χ2v) is 13.5. The fraction of sp³-hybridized carbons (Fsp3) is 0.316. The van der Waals surface area contributed by atoms with Gasteiger partial charge in [-0.25, -0.2) is 14.6 Å². The Morgan fingerprint density at radius 1 is 0.979 bits per heavy atom. The van der Waals surface area contributed by atoms with Crippen LogP contribution in [0.5, 0.6) is 0 Å². The minimum Gasteiger partial charge on any atom is -0.448 e. The maximum absolute atomic E-state index is 14.0. The van der Waals surface area contributed by atoms with E-state index in [4.69, 9.17) is 21.1 Å². The van der Waals surface area contributed by atoms with E-state index in [1.54, 1.807) is 21.8 Å². The number of rotatable bonds is 10. The van der Waals surface area contributed by atoms with Crippen LogP contribution in [0, 0.1) is 0 Å². The van der Waals surface area contributed by atoms with Crippen LogP contribution in [-0.2, 0) is 23.1 Å². The molecular formula is C38H40ClN5O4. The summed E-state index contributed by atoms with van der Waals surface area (Å²) in [5.74, 6) is -0.0724. The molecule has 248 valence electrons. The van der Waals surface area contributed by atoms with Crippen LogP contribution in [0.3, 0.4) is 0 Å². The van der Waals surface area contributed by atoms with Crippen molar-refractivity contribution in [2.75, 3.05) is 13.2 Å². The zero-order valence-corrected chi connectivity index (χ0v) is 28.4. The van der Waals surface area contributed by atoms with E-state index in [2.05, 4.69) is 39.7 Å². The Hall–Kier alpha value is -4.89. The third-order valence-corrected chi connectivity index (χ3v) is 8.70. The first kappa shape index (κ1) is 33.0. The van der Waals surface area contributed by atoms with Crippen molar-refractivity contribution in [1.29, 1.82) is 0 Å². The van der Waals surface area contributed by atoms with Crippen LogP contribution < -0.4 is 5.32 Å². The number of carbonyl (C=O) groups is 2. The molecule has 1 atom stereocenters. The van der Waals surface area contributed by atoms with Crippen LogP contribution in [0.1, 0.15) is 68.0 Å². The molecule has 1 unspecified atom stereocenters. The SMILES string of the molecule is Cn1ncc2cc(Cl)nc(CN(CCCC(NC(=O)OC(C)(C)C)c3ccccc3)C(=O)OCC3c4ccccc4-c4ccccc43)c21. The summed E-state index contributed by atoms with van der Waals surface area (Å²) in [5, 5.41) is 8.57. The number of benzene rings is 3. The predicted molar refractivity (Wildman–Crippen MR) is 187 cm³/mol. The molecule has 1 aliphatic carbocycles. The highest BCUT2D eigenvalue weighted by molar-refractivity contribution is 6.30. The van der Waals surface area contributed by atoms with Crippen molar-refractivity contribution in [3.63, 3.8) is 0 Å². The van der Waals surface area contributed by atoms with E-state index >= 15 is 0 Å². The molecule has 10 heteroatoms. The topological polar surface area (TPSA) is 98.6 Å². The van der Waals surface area contributed by atoms with Gasteiger partial charge in [0, 0.05) is 24.9 Å². The molecule has 5 aromatic rings. The quantitative estimate of drug-likeness (QED) is 0.150. The van der Waals surface area contributed by atoms with Gasteiger partial charge in [-0.2, -0.15) is 5.10 Å². The number of nitrogens with zero attached hydrogens (tertiary/aromatic N) is 4. The Kier molecular flexibility index (Phi) is 9.68. The highest BCUT2D eigenvalue weighted by Crippen LogP contribution is 2.44. The number of carbonyl (C=O) groups excluding carboxylic acids is 2. The van der Waals surface area contributed by atoms with Gasteiger partial charge in [0.1, 0.15) is 17.4 Å². The van der Waals surface area contributed by atoms with Crippen molar-refractivity contribution >= 4 is 34.7 Å². The van der Waals surface area contributed by atoms with Gasteiger partial charge in [-0.3, -0.25) is 4.68 Å². The lowest BCUT2D eigenvalue weighted by atomic mass is 9.98. The molecule has 0 radical (unpaired) electrons. The molecular weight excluding hydrogens is 626 g/mol. The lowest BCUT2D eigenvalue weighted by Crippen LogP contribution is -2.36. The minimum absolute atomic E-state index is 0.0724. The van der Waals surface area contributed by atoms with Gasteiger partial charge in [0.05, 0.1) is 30.0 Å². The van der Waals surface area contributed by atoms with Gasteiger partial charge in [0.15, 0.2) is 0 Å². The molecule has 2 aromatic heterocycles. The number of alkyl carbamates (subject to hydrolysis) is 1. The molecule has 1 aliphatic rings. The lowest BCUT2D eigenvalue weighted by molar-refractivity contribution is 0.0497. The summed E-state index contributed by atoms with van der Waals surface area (Å²) in [5.41, 5.74) is 6.35. The molecule has 0 bridgehead atoms. The molecule has 2 amide bonds. The monoisotopic (exact) mass is 665 g/mol. The molecule has 6 rings (SSSR count). The largest absolute Gasteiger partial charge is 0.448 e. The molecule has 9 nitrogen and oxygen atoms in total. The first-order valence-corrected chi connectivity index (χ1v) is 16.6. The third-order valence-electron chi connectivity index (χ3n) is 8.51. The van der Waals surface area contributed by atoms with Crippen molar-refractivity contribution < 1.29 is 19.1 Å². The zero-order valence-electron chi connectivity index (χ0n) is 27.7. The number of ether oxygens (including phenoxy) is 2. The van der Waals surface area contributed by atoms with Crippen LogP contribution in [0.15, 0.2) is 91.1 Å². The Morgan fingerprint density at radius 3 is 2.29 bits per heavy atom. The van der Waals surface area contributed by atoms with E-state index in [0.29, 0.717) is 30.2 Å². The number of fused-ring (bicyclic) bond motifs is 4. The maximum atomic E-state index is 14.0. The second kappa shape index (κ2) is 14.1. The van der Waals surface area contributed by atoms with Gasteiger partial charge in [-0.1, -0.05) is 90.5 Å². The number of halogens is 1. The molecule has 0 fully saturated rings. The highest BCUT2D eigenvalue weighted by Gasteiger charge is 2.30. The van der Waals surface area contributed by atoms with E-state index in [9.17, 15) is 9.59 Å². The van der Waals surface area contributed by atoms with E-state index in [1.165, 1.54) is 0 Å². The Morgan fingerprint density at radius 2 is 1.62 bits per heavy atom. The molecule has 0 saturated heterocycles. The van der Waals surface area contributed by atoms with Crippen LogP contribution >= 0.6 is 11.6 Å². The summed E-state index contributed by atoms with van der Waals surface area (Å²) in [4.78, 5) is 33.0. The standard InChI is InChI=1S/C38H40ClN5O4/c1-38(2,3)48-36(45)42-32(25-13-6-5-7-14-25)19-12-20-44(23-33-35-26(21-34(39)41-33)22-40-43(35)4)37(46)47-24-31-29-17-10-8-15-27(29)28-16-9-11-18-30(28)31/h5-11,13-18,21-22,31-32H,12,19-20,23-24H2,1-4H3,(H,42,45). The van der Waals surface area contributed by atoms with Crippen molar-refractivity contribution in [1.82, 2.24) is 25.0 Å². The first-order chi connectivity index (χ1) is 23.1. The zero-order chi connectivity index (χ0) is 33.8. The second-order valence-electron chi connectivity index (χ2n) is 13.1. The van der Waals surface area contributed by atoms with Gasteiger partial charge < -0.3 is 19.7 Å². The van der Waals surface area contributed by atoms with Crippen molar-refractivity contribution in [2.24, 2.45) is 7.05 Å². The first-order valence-electron chi connectivity index (χ1n) is 16.2.